The molecule has 152 valence electrons. The molecular formula is C19H22ClF3N4O. The molecular weight excluding hydrogens is 393 g/mol. The minimum atomic E-state index is -4.65. The Bertz CT molecular complexity index is 886. The topological polar surface area (TPSA) is 41.4 Å². The zero-order chi connectivity index (χ0) is 20.6. The molecule has 2 aromatic rings. The zero-order valence-corrected chi connectivity index (χ0v) is 16.7. The van der Waals surface area contributed by atoms with Gasteiger partial charge in [-0.1, -0.05) is 29.3 Å². The van der Waals surface area contributed by atoms with E-state index in [1.807, 2.05) is 6.92 Å². The van der Waals surface area contributed by atoms with Crippen LogP contribution in [0.25, 0.3) is 0 Å². The summed E-state index contributed by atoms with van der Waals surface area (Å²) in [7, 11) is 0. The lowest BCUT2D eigenvalue weighted by Gasteiger charge is -2.37. The third-order valence-electron chi connectivity index (χ3n) is 5.01. The van der Waals surface area contributed by atoms with Gasteiger partial charge in [-0.15, -0.1) is 0 Å². The van der Waals surface area contributed by atoms with E-state index < -0.39 is 16.9 Å². The van der Waals surface area contributed by atoms with Crippen LogP contribution in [-0.2, 0) is 17.5 Å². The highest BCUT2D eigenvalue weighted by atomic mass is 35.5. The minimum absolute atomic E-state index is 0.135. The van der Waals surface area contributed by atoms with Gasteiger partial charge in [0.25, 0.3) is 0 Å². The lowest BCUT2D eigenvalue weighted by molar-refractivity contribution is -0.142. The Morgan fingerprint density at radius 1 is 1.14 bits per heavy atom. The van der Waals surface area contributed by atoms with Crippen LogP contribution >= 0.6 is 11.6 Å². The van der Waals surface area contributed by atoms with Crippen molar-refractivity contribution in [1.29, 1.82) is 0 Å². The molecule has 0 saturated carbocycles. The number of aryl methyl sites for hydroxylation is 2. The van der Waals surface area contributed by atoms with E-state index in [0.29, 0.717) is 26.2 Å². The van der Waals surface area contributed by atoms with Gasteiger partial charge < -0.3 is 9.80 Å². The Kier molecular flexibility index (Phi) is 5.61. The molecule has 9 heteroatoms. The van der Waals surface area contributed by atoms with Gasteiger partial charge in [-0.3, -0.25) is 9.48 Å². The van der Waals surface area contributed by atoms with E-state index in [0.717, 1.165) is 10.4 Å². The third-order valence-corrected chi connectivity index (χ3v) is 5.46. The van der Waals surface area contributed by atoms with Gasteiger partial charge in [0.05, 0.1) is 10.7 Å². The smallest absolute Gasteiger partial charge is 0.368 e. The number of amides is 1. The second kappa shape index (κ2) is 7.66. The minimum Gasteiger partial charge on any atom is -0.368 e. The first-order valence-corrected chi connectivity index (χ1v) is 9.36. The fraction of sp³-hybridized carbons (Fsp3) is 0.474. The number of hydrogen-bond acceptors (Lipinski definition) is 3. The molecule has 1 aromatic carbocycles. The molecule has 0 spiro atoms. The van der Waals surface area contributed by atoms with Crippen LogP contribution in [0.1, 0.15) is 22.5 Å². The highest BCUT2D eigenvalue weighted by molar-refractivity contribution is 6.32. The maximum absolute atomic E-state index is 12.9. The van der Waals surface area contributed by atoms with Crippen molar-refractivity contribution < 1.29 is 18.0 Å². The van der Waals surface area contributed by atoms with E-state index in [-0.39, 0.29) is 18.1 Å². The number of alkyl halides is 3. The van der Waals surface area contributed by atoms with Crippen molar-refractivity contribution in [3.8, 4) is 0 Å². The first-order chi connectivity index (χ1) is 13.1. The fourth-order valence-electron chi connectivity index (χ4n) is 3.44. The number of hydrogen-bond donors (Lipinski definition) is 0. The van der Waals surface area contributed by atoms with Gasteiger partial charge in [-0.2, -0.15) is 18.3 Å². The first-order valence-electron chi connectivity index (χ1n) is 8.98. The summed E-state index contributed by atoms with van der Waals surface area (Å²) in [4.78, 5) is 16.4. The van der Waals surface area contributed by atoms with Gasteiger partial charge in [0.1, 0.15) is 6.54 Å². The van der Waals surface area contributed by atoms with Crippen molar-refractivity contribution in [2.75, 3.05) is 31.1 Å². The average Bonchev–Trinajstić information content (AvgIpc) is 2.90. The van der Waals surface area contributed by atoms with Gasteiger partial charge in [0.2, 0.25) is 5.91 Å². The highest BCUT2D eigenvalue weighted by Gasteiger charge is 2.38. The molecule has 3 rings (SSSR count). The van der Waals surface area contributed by atoms with E-state index in [9.17, 15) is 18.0 Å². The number of nitrogens with zero attached hydrogens (tertiary/aromatic N) is 4. The van der Waals surface area contributed by atoms with Crippen molar-refractivity contribution in [3.05, 3.63) is 45.7 Å². The van der Waals surface area contributed by atoms with Crippen LogP contribution in [0.15, 0.2) is 18.2 Å². The number of carbonyl (C=O) groups is 1. The van der Waals surface area contributed by atoms with Crippen molar-refractivity contribution in [2.24, 2.45) is 0 Å². The highest BCUT2D eigenvalue weighted by Crippen LogP contribution is 2.35. The van der Waals surface area contributed by atoms with Crippen LogP contribution in [-0.4, -0.2) is 46.8 Å². The summed E-state index contributed by atoms with van der Waals surface area (Å²) in [5, 5.41) is 3.04. The van der Waals surface area contributed by atoms with E-state index in [1.165, 1.54) is 18.1 Å². The molecule has 1 aromatic heterocycles. The van der Waals surface area contributed by atoms with Crippen molar-refractivity contribution >= 4 is 23.2 Å². The van der Waals surface area contributed by atoms with E-state index in [1.54, 1.807) is 4.90 Å². The Morgan fingerprint density at radius 2 is 1.79 bits per heavy atom. The number of aromatic nitrogens is 2. The quantitative estimate of drug-likeness (QED) is 0.766. The predicted octanol–water partition coefficient (Wildman–Crippen LogP) is 3.83. The van der Waals surface area contributed by atoms with Crippen molar-refractivity contribution in [3.63, 3.8) is 0 Å². The van der Waals surface area contributed by atoms with E-state index >= 15 is 0 Å². The van der Waals surface area contributed by atoms with Crippen LogP contribution in [0, 0.1) is 20.8 Å². The van der Waals surface area contributed by atoms with E-state index in [4.69, 9.17) is 11.6 Å². The monoisotopic (exact) mass is 414 g/mol. The number of halogens is 4. The molecule has 0 unspecified atom stereocenters. The Balaban J connectivity index is 1.65. The van der Waals surface area contributed by atoms with Crippen LogP contribution < -0.4 is 4.90 Å². The largest absolute Gasteiger partial charge is 0.436 e. The van der Waals surface area contributed by atoms with Gasteiger partial charge in [0.15, 0.2) is 5.69 Å². The van der Waals surface area contributed by atoms with Gasteiger partial charge in [-0.25, -0.2) is 0 Å². The summed E-state index contributed by atoms with van der Waals surface area (Å²) >= 11 is 5.75. The summed E-state index contributed by atoms with van der Waals surface area (Å²) in [5.74, 6) is -0.267. The third kappa shape index (κ3) is 4.11. The molecule has 0 atom stereocenters. The van der Waals surface area contributed by atoms with Gasteiger partial charge in [-0.05, 0) is 32.4 Å². The maximum atomic E-state index is 12.9. The molecule has 5 nitrogen and oxygen atoms in total. The number of benzene rings is 1. The predicted molar refractivity (Wildman–Crippen MR) is 102 cm³/mol. The second-order valence-corrected chi connectivity index (χ2v) is 7.44. The maximum Gasteiger partial charge on any atom is 0.436 e. The summed E-state index contributed by atoms with van der Waals surface area (Å²) in [6, 6.07) is 6.26. The molecule has 1 aliphatic rings. The summed E-state index contributed by atoms with van der Waals surface area (Å²) in [5.41, 5.74) is 2.50. The van der Waals surface area contributed by atoms with Crippen LogP contribution in [0.3, 0.4) is 0 Å². The average molecular weight is 415 g/mol. The molecule has 0 radical (unpaired) electrons. The lowest BCUT2D eigenvalue weighted by atomic mass is 10.1. The zero-order valence-electron chi connectivity index (χ0n) is 16.0. The van der Waals surface area contributed by atoms with Crippen LogP contribution in [0.4, 0.5) is 18.9 Å². The molecule has 1 fully saturated rings. The van der Waals surface area contributed by atoms with Crippen LogP contribution in [0.5, 0.6) is 0 Å². The Morgan fingerprint density at radius 3 is 2.32 bits per heavy atom. The molecule has 0 N–H and O–H groups in total. The second-order valence-electron chi connectivity index (χ2n) is 7.06. The van der Waals surface area contributed by atoms with E-state index in [2.05, 4.69) is 35.1 Å². The number of carbonyl (C=O) groups excluding carboxylic acids is 1. The SMILES string of the molecule is Cc1ccc(N2CCN(C(=O)Cn3nc(C(F)(F)F)c(Cl)c3C)CC2)c(C)c1. The number of rotatable bonds is 3. The summed E-state index contributed by atoms with van der Waals surface area (Å²) in [6.07, 6.45) is -4.65. The molecule has 1 aliphatic heterocycles. The van der Waals surface area contributed by atoms with Gasteiger partial charge in [0, 0.05) is 31.9 Å². The van der Waals surface area contributed by atoms with Crippen molar-refractivity contribution in [1.82, 2.24) is 14.7 Å². The molecule has 1 saturated heterocycles. The van der Waals surface area contributed by atoms with Gasteiger partial charge >= 0.3 is 6.18 Å². The fourth-order valence-corrected chi connectivity index (χ4v) is 3.69. The van der Waals surface area contributed by atoms with Crippen LogP contribution in [0.2, 0.25) is 5.02 Å². The molecule has 28 heavy (non-hydrogen) atoms. The number of anilines is 1. The summed E-state index contributed by atoms with van der Waals surface area (Å²) in [6.45, 7) is 7.62. The summed E-state index contributed by atoms with van der Waals surface area (Å²) < 4.78 is 39.8. The van der Waals surface area contributed by atoms with Crippen molar-refractivity contribution in [2.45, 2.75) is 33.5 Å². The number of piperazine rings is 1. The molecule has 0 aliphatic carbocycles. The molecule has 1 amide bonds. The molecule has 2 heterocycles. The normalized spacial score (nSPS) is 15.2. The molecule has 0 bridgehead atoms. The Hall–Kier alpha value is -2.22. The lowest BCUT2D eigenvalue weighted by Crippen LogP contribution is -2.49. The Labute approximate surface area is 166 Å². The first kappa shape index (κ1) is 20.5. The standard InChI is InChI=1S/C19H22ClF3N4O/c1-12-4-5-15(13(2)10-12)25-6-8-26(9-7-25)16(28)11-27-14(3)17(20)18(24-27)19(21,22)23/h4-5,10H,6-9,11H2,1-3H3.